The van der Waals surface area contributed by atoms with E-state index in [9.17, 15) is 24.3 Å². The summed E-state index contributed by atoms with van der Waals surface area (Å²) in [4.78, 5) is 46.4. The maximum absolute atomic E-state index is 12.1. The van der Waals surface area contributed by atoms with Gasteiger partial charge < -0.3 is 24.7 Å². The van der Waals surface area contributed by atoms with Gasteiger partial charge in [-0.25, -0.2) is 9.59 Å². The summed E-state index contributed by atoms with van der Waals surface area (Å²) in [5.74, 6) is -3.26. The highest BCUT2D eigenvalue weighted by atomic mass is 32.1. The van der Waals surface area contributed by atoms with Gasteiger partial charge in [-0.15, -0.1) is 11.3 Å². The molecule has 24 heavy (non-hydrogen) atoms. The molecule has 1 N–H and O–H groups in total. The maximum Gasteiger partial charge on any atom is 0.348 e. The van der Waals surface area contributed by atoms with Crippen LogP contribution in [-0.2, 0) is 19.1 Å². The highest BCUT2D eigenvalue weighted by Crippen LogP contribution is 2.34. The number of thiophene rings is 1. The van der Waals surface area contributed by atoms with Crippen LogP contribution >= 0.6 is 11.3 Å². The monoisotopic (exact) mass is 356 g/mol. The van der Waals surface area contributed by atoms with E-state index in [4.69, 9.17) is 9.47 Å². The SMILES string of the molecule is CCOC(=O)c1sc(NC(=O)CCC(=O)[O-])c(C(=O)OCC)c1C. The third-order valence-corrected chi connectivity index (χ3v) is 4.08. The van der Waals surface area contributed by atoms with Gasteiger partial charge in [-0.2, -0.15) is 0 Å². The first kappa shape index (κ1) is 19.6. The van der Waals surface area contributed by atoms with Gasteiger partial charge in [-0.05, 0) is 32.8 Å². The average molecular weight is 356 g/mol. The quantitative estimate of drug-likeness (QED) is 0.686. The molecule has 0 radical (unpaired) electrons. The van der Waals surface area contributed by atoms with Gasteiger partial charge in [-0.1, -0.05) is 0 Å². The number of nitrogens with one attached hydrogen (secondary N) is 1. The number of hydrogen-bond acceptors (Lipinski definition) is 8. The summed E-state index contributed by atoms with van der Waals surface area (Å²) < 4.78 is 9.86. The minimum absolute atomic E-state index is 0.0618. The topological polar surface area (TPSA) is 122 Å². The Kier molecular flexibility index (Phi) is 7.37. The van der Waals surface area contributed by atoms with Crippen molar-refractivity contribution in [2.45, 2.75) is 33.6 Å². The molecule has 0 spiro atoms. The second-order valence-corrected chi connectivity index (χ2v) is 5.64. The number of carboxylic acids is 1. The van der Waals surface area contributed by atoms with Crippen molar-refractivity contribution in [3.63, 3.8) is 0 Å². The Morgan fingerprint density at radius 2 is 1.62 bits per heavy atom. The third-order valence-electron chi connectivity index (χ3n) is 2.90. The van der Waals surface area contributed by atoms with Crippen molar-refractivity contribution in [2.75, 3.05) is 18.5 Å². The predicted molar refractivity (Wildman–Crippen MR) is 83.8 cm³/mol. The van der Waals surface area contributed by atoms with Crippen molar-refractivity contribution in [3.05, 3.63) is 16.0 Å². The van der Waals surface area contributed by atoms with Crippen LogP contribution in [0.2, 0.25) is 0 Å². The molecule has 0 aliphatic heterocycles. The summed E-state index contributed by atoms with van der Waals surface area (Å²) in [5.41, 5.74) is 0.402. The van der Waals surface area contributed by atoms with Gasteiger partial charge in [0.05, 0.1) is 18.8 Å². The number of carbonyl (C=O) groups is 4. The van der Waals surface area contributed by atoms with Crippen LogP contribution in [0.15, 0.2) is 0 Å². The van der Waals surface area contributed by atoms with Crippen LogP contribution < -0.4 is 10.4 Å². The number of ether oxygens (including phenoxy) is 2. The lowest BCUT2D eigenvalue weighted by atomic mass is 10.1. The molecule has 0 atom stereocenters. The summed E-state index contributed by atoms with van der Waals surface area (Å²) in [6.07, 6.45) is -0.758. The molecule has 8 nitrogen and oxygen atoms in total. The fourth-order valence-corrected chi connectivity index (χ4v) is 2.95. The van der Waals surface area contributed by atoms with Crippen LogP contribution in [0.1, 0.15) is 52.3 Å². The summed E-state index contributed by atoms with van der Waals surface area (Å²) in [7, 11) is 0. The molecule has 1 amide bonds. The minimum atomic E-state index is -1.36. The molecular weight excluding hydrogens is 338 g/mol. The largest absolute Gasteiger partial charge is 0.550 e. The summed E-state index contributed by atoms with van der Waals surface area (Å²) in [5, 5.41) is 13.0. The minimum Gasteiger partial charge on any atom is -0.550 e. The third kappa shape index (κ3) is 5.05. The van der Waals surface area contributed by atoms with E-state index in [-0.39, 0.29) is 35.1 Å². The fourth-order valence-electron chi connectivity index (χ4n) is 1.85. The van der Waals surface area contributed by atoms with Gasteiger partial charge in [-0.3, -0.25) is 4.79 Å². The molecule has 0 aliphatic rings. The molecule has 0 unspecified atom stereocenters. The Morgan fingerprint density at radius 1 is 1.04 bits per heavy atom. The van der Waals surface area contributed by atoms with E-state index in [1.54, 1.807) is 20.8 Å². The lowest BCUT2D eigenvalue weighted by Crippen LogP contribution is -2.24. The summed E-state index contributed by atoms with van der Waals surface area (Å²) >= 11 is 0.881. The highest BCUT2D eigenvalue weighted by molar-refractivity contribution is 7.18. The Labute approximate surface area is 142 Å². The van der Waals surface area contributed by atoms with Gasteiger partial charge in [0.2, 0.25) is 5.91 Å². The molecule has 0 bridgehead atoms. The van der Waals surface area contributed by atoms with E-state index in [0.29, 0.717) is 5.56 Å². The Bertz CT molecular complexity index is 650. The summed E-state index contributed by atoms with van der Waals surface area (Å²) in [6.45, 7) is 5.12. The molecule has 1 aromatic heterocycles. The van der Waals surface area contributed by atoms with Crippen molar-refractivity contribution >= 4 is 40.2 Å². The number of carbonyl (C=O) groups excluding carboxylic acids is 4. The maximum atomic E-state index is 12.1. The van der Waals surface area contributed by atoms with Gasteiger partial charge in [0.1, 0.15) is 9.88 Å². The molecule has 0 saturated heterocycles. The number of carboxylic acid groups (broad SMARTS) is 1. The van der Waals surface area contributed by atoms with Crippen LogP contribution in [0.5, 0.6) is 0 Å². The Hall–Kier alpha value is -2.42. The number of esters is 2. The predicted octanol–water partition coefficient (Wildman–Crippen LogP) is 0.879. The van der Waals surface area contributed by atoms with E-state index in [1.807, 2.05) is 0 Å². The van der Waals surface area contributed by atoms with Crippen LogP contribution in [0.4, 0.5) is 5.00 Å². The van der Waals surface area contributed by atoms with Crippen LogP contribution in [-0.4, -0.2) is 37.0 Å². The van der Waals surface area contributed by atoms with E-state index in [0.717, 1.165) is 11.3 Å². The zero-order valence-electron chi connectivity index (χ0n) is 13.6. The van der Waals surface area contributed by atoms with E-state index < -0.39 is 30.2 Å². The van der Waals surface area contributed by atoms with E-state index in [2.05, 4.69) is 5.32 Å². The van der Waals surface area contributed by atoms with Crippen molar-refractivity contribution < 1.29 is 33.8 Å². The molecule has 0 saturated carbocycles. The van der Waals surface area contributed by atoms with E-state index in [1.165, 1.54) is 0 Å². The summed E-state index contributed by atoms with van der Waals surface area (Å²) in [6, 6.07) is 0. The van der Waals surface area contributed by atoms with Gasteiger partial charge in [0.15, 0.2) is 0 Å². The van der Waals surface area contributed by atoms with Crippen LogP contribution in [0.25, 0.3) is 0 Å². The normalized spacial score (nSPS) is 10.1. The van der Waals surface area contributed by atoms with Gasteiger partial charge in [0, 0.05) is 12.4 Å². The molecule has 0 aromatic carbocycles. The van der Waals surface area contributed by atoms with Gasteiger partial charge in [0.25, 0.3) is 0 Å². The van der Waals surface area contributed by atoms with Gasteiger partial charge >= 0.3 is 11.9 Å². The molecule has 1 rings (SSSR count). The number of hydrogen-bond donors (Lipinski definition) is 1. The second kappa shape index (κ2) is 9.02. The zero-order valence-corrected chi connectivity index (χ0v) is 14.4. The van der Waals surface area contributed by atoms with Crippen molar-refractivity contribution in [2.24, 2.45) is 0 Å². The number of anilines is 1. The smallest absolute Gasteiger partial charge is 0.348 e. The number of amides is 1. The first-order valence-electron chi connectivity index (χ1n) is 7.29. The van der Waals surface area contributed by atoms with Crippen molar-refractivity contribution in [1.29, 1.82) is 0 Å². The Morgan fingerprint density at radius 3 is 2.17 bits per heavy atom. The standard InChI is InChI=1S/C15H19NO7S/c1-4-22-14(20)11-8(3)12(15(21)23-5-2)24-13(11)16-9(17)6-7-10(18)19/h4-7H2,1-3H3,(H,16,17)(H,18,19)/p-1. The van der Waals surface area contributed by atoms with Crippen LogP contribution in [0, 0.1) is 6.92 Å². The number of aliphatic carboxylic acids is 1. The van der Waals surface area contributed by atoms with E-state index >= 15 is 0 Å². The lowest BCUT2D eigenvalue weighted by molar-refractivity contribution is -0.305. The first-order valence-corrected chi connectivity index (χ1v) is 8.10. The average Bonchev–Trinajstić information content (AvgIpc) is 2.82. The first-order chi connectivity index (χ1) is 11.3. The second-order valence-electron chi connectivity index (χ2n) is 4.62. The molecular formula is C15H18NO7S-. The molecule has 132 valence electrons. The van der Waals surface area contributed by atoms with Crippen molar-refractivity contribution in [1.82, 2.24) is 0 Å². The molecule has 1 heterocycles. The highest BCUT2D eigenvalue weighted by Gasteiger charge is 2.27. The van der Waals surface area contributed by atoms with Crippen LogP contribution in [0.3, 0.4) is 0 Å². The zero-order chi connectivity index (χ0) is 18.3. The molecule has 9 heteroatoms. The van der Waals surface area contributed by atoms with Crippen molar-refractivity contribution in [3.8, 4) is 0 Å². The molecule has 1 aromatic rings. The molecule has 0 aliphatic carbocycles. The number of rotatable bonds is 8. The fraction of sp³-hybridized carbons (Fsp3) is 0.467. The molecule has 0 fully saturated rings. The lowest BCUT2D eigenvalue weighted by Gasteiger charge is -2.07. The Balaban J connectivity index is 3.13.